The van der Waals surface area contributed by atoms with Crippen LogP contribution < -0.4 is 19.5 Å². The number of H-pyrrole nitrogens is 1. The number of aromatic nitrogens is 3. The van der Waals surface area contributed by atoms with Crippen molar-refractivity contribution in [1.29, 1.82) is 0 Å². The molecule has 0 radical (unpaired) electrons. The SMILES string of the molecule is COc1ccc(OC)c2c1cc(C(=O)Nc1ccc(Oc3cccc4[nH]ccc34)nc1)n2C.Cl. The van der Waals surface area contributed by atoms with E-state index in [-0.39, 0.29) is 18.3 Å². The van der Waals surface area contributed by atoms with E-state index in [2.05, 4.69) is 15.3 Å². The normalized spacial score (nSPS) is 10.7. The summed E-state index contributed by atoms with van der Waals surface area (Å²) in [5, 5.41) is 4.65. The summed E-state index contributed by atoms with van der Waals surface area (Å²) in [6, 6.07) is 16.6. The zero-order chi connectivity index (χ0) is 22.9. The first-order valence-corrected chi connectivity index (χ1v) is 10.3. The predicted molar refractivity (Wildman–Crippen MR) is 134 cm³/mol. The summed E-state index contributed by atoms with van der Waals surface area (Å²) < 4.78 is 18.6. The molecule has 9 heteroatoms. The van der Waals surface area contributed by atoms with Crippen LogP contribution in [0.2, 0.25) is 0 Å². The fraction of sp³-hybridized carbons (Fsp3) is 0.120. The van der Waals surface area contributed by atoms with Crippen LogP contribution in [0.5, 0.6) is 23.1 Å². The molecule has 5 rings (SSSR count). The second kappa shape index (κ2) is 9.36. The highest BCUT2D eigenvalue weighted by atomic mass is 35.5. The first kappa shape index (κ1) is 23.0. The molecule has 0 aliphatic carbocycles. The lowest BCUT2D eigenvalue weighted by molar-refractivity contribution is 0.101. The van der Waals surface area contributed by atoms with Gasteiger partial charge in [-0.15, -0.1) is 12.4 Å². The highest BCUT2D eigenvalue weighted by Crippen LogP contribution is 2.35. The molecule has 2 aromatic carbocycles. The number of nitrogens with zero attached hydrogens (tertiary/aromatic N) is 2. The molecular formula is C25H23ClN4O4. The summed E-state index contributed by atoms with van der Waals surface area (Å²) >= 11 is 0. The van der Waals surface area contributed by atoms with Gasteiger partial charge in [0.25, 0.3) is 5.91 Å². The number of pyridine rings is 1. The number of amides is 1. The van der Waals surface area contributed by atoms with Gasteiger partial charge in [-0.3, -0.25) is 4.79 Å². The number of methoxy groups -OCH3 is 2. The lowest BCUT2D eigenvalue weighted by Gasteiger charge is -2.10. The molecule has 2 N–H and O–H groups in total. The molecule has 34 heavy (non-hydrogen) atoms. The van der Waals surface area contributed by atoms with Gasteiger partial charge in [0, 0.05) is 35.6 Å². The molecule has 0 spiro atoms. The summed E-state index contributed by atoms with van der Waals surface area (Å²) in [5.41, 5.74) is 2.78. The molecule has 8 nitrogen and oxygen atoms in total. The van der Waals surface area contributed by atoms with Gasteiger partial charge >= 0.3 is 0 Å². The van der Waals surface area contributed by atoms with Gasteiger partial charge in [0.05, 0.1) is 31.6 Å². The number of rotatable bonds is 6. The highest BCUT2D eigenvalue weighted by molar-refractivity contribution is 6.08. The summed E-state index contributed by atoms with van der Waals surface area (Å²) in [7, 11) is 5.01. The first-order chi connectivity index (χ1) is 16.1. The Morgan fingerprint density at radius 2 is 1.76 bits per heavy atom. The minimum atomic E-state index is -0.273. The summed E-state index contributed by atoms with van der Waals surface area (Å²) in [6.07, 6.45) is 3.43. The van der Waals surface area contributed by atoms with E-state index in [9.17, 15) is 4.79 Å². The Morgan fingerprint density at radius 3 is 2.50 bits per heavy atom. The van der Waals surface area contributed by atoms with E-state index >= 15 is 0 Å². The average Bonchev–Trinajstić information content (AvgIpc) is 3.45. The van der Waals surface area contributed by atoms with Gasteiger partial charge in [0.1, 0.15) is 22.9 Å². The van der Waals surface area contributed by atoms with E-state index in [1.54, 1.807) is 43.2 Å². The van der Waals surface area contributed by atoms with Crippen molar-refractivity contribution < 1.29 is 19.0 Å². The minimum Gasteiger partial charge on any atom is -0.496 e. The first-order valence-electron chi connectivity index (χ1n) is 10.3. The van der Waals surface area contributed by atoms with Crippen LogP contribution in [0.15, 0.2) is 67.0 Å². The Hall–Kier alpha value is -4.17. The number of nitrogens with one attached hydrogen (secondary N) is 2. The van der Waals surface area contributed by atoms with Crippen molar-refractivity contribution in [2.45, 2.75) is 0 Å². The molecule has 0 aliphatic rings. The molecular weight excluding hydrogens is 456 g/mol. The second-order valence-corrected chi connectivity index (χ2v) is 7.46. The van der Waals surface area contributed by atoms with Gasteiger partial charge in [-0.25, -0.2) is 4.98 Å². The fourth-order valence-electron chi connectivity index (χ4n) is 3.94. The zero-order valence-corrected chi connectivity index (χ0v) is 19.6. The number of carbonyl (C=O) groups excluding carboxylic acids is 1. The number of benzene rings is 2. The molecule has 0 fully saturated rings. The number of ether oxygens (including phenoxy) is 3. The second-order valence-electron chi connectivity index (χ2n) is 7.46. The van der Waals surface area contributed by atoms with Crippen molar-refractivity contribution >= 4 is 45.8 Å². The third-order valence-corrected chi connectivity index (χ3v) is 5.55. The number of hydrogen-bond donors (Lipinski definition) is 2. The van der Waals surface area contributed by atoms with Gasteiger partial charge in [-0.1, -0.05) is 6.07 Å². The molecule has 3 aromatic heterocycles. The maximum Gasteiger partial charge on any atom is 0.272 e. The highest BCUT2D eigenvalue weighted by Gasteiger charge is 2.19. The maximum absolute atomic E-state index is 13.0. The van der Waals surface area contributed by atoms with Crippen molar-refractivity contribution in [3.8, 4) is 23.1 Å². The third-order valence-electron chi connectivity index (χ3n) is 5.55. The van der Waals surface area contributed by atoms with Crippen molar-refractivity contribution in [2.24, 2.45) is 7.05 Å². The number of aryl methyl sites for hydroxylation is 1. The third kappa shape index (κ3) is 3.99. The standard InChI is InChI=1S/C25H22N4O4.ClH/c1-29-19(13-17-20(31-2)8-9-22(32-3)24(17)29)25(30)28-15-7-10-23(27-14-15)33-21-6-4-5-18-16(21)11-12-26-18;/h4-14,26H,1-3H3,(H,28,30);1H. The van der Waals surface area contributed by atoms with Crippen LogP contribution in [0, 0.1) is 0 Å². The van der Waals surface area contributed by atoms with E-state index in [1.807, 2.05) is 49.6 Å². The minimum absolute atomic E-state index is 0. The topological polar surface area (TPSA) is 90.4 Å². The summed E-state index contributed by atoms with van der Waals surface area (Å²) in [4.78, 5) is 20.5. The molecule has 3 heterocycles. The van der Waals surface area contributed by atoms with Crippen LogP contribution in [0.4, 0.5) is 5.69 Å². The van der Waals surface area contributed by atoms with Crippen molar-refractivity contribution in [1.82, 2.24) is 14.5 Å². The lowest BCUT2D eigenvalue weighted by atomic mass is 10.2. The van der Waals surface area contributed by atoms with Crippen LogP contribution in [0.1, 0.15) is 10.5 Å². The lowest BCUT2D eigenvalue weighted by Crippen LogP contribution is -2.15. The number of hydrogen-bond acceptors (Lipinski definition) is 5. The molecule has 0 saturated heterocycles. The molecule has 0 unspecified atom stereocenters. The van der Waals surface area contributed by atoms with E-state index in [4.69, 9.17) is 14.2 Å². The fourth-order valence-corrected chi connectivity index (χ4v) is 3.94. The molecule has 1 amide bonds. The Bertz CT molecular complexity index is 1470. The Labute approximate surface area is 201 Å². The van der Waals surface area contributed by atoms with Crippen LogP contribution in [0.3, 0.4) is 0 Å². The average molecular weight is 479 g/mol. The van der Waals surface area contributed by atoms with Gasteiger partial charge < -0.3 is 29.1 Å². The number of halogens is 1. The molecule has 174 valence electrons. The largest absolute Gasteiger partial charge is 0.496 e. The van der Waals surface area contributed by atoms with Crippen LogP contribution in [-0.2, 0) is 7.05 Å². The molecule has 0 atom stereocenters. The zero-order valence-electron chi connectivity index (χ0n) is 18.8. The predicted octanol–water partition coefficient (Wildman–Crippen LogP) is 5.54. The molecule has 0 saturated carbocycles. The number of carbonyl (C=O) groups is 1. The quantitative estimate of drug-likeness (QED) is 0.334. The van der Waals surface area contributed by atoms with Gasteiger partial charge in [0.2, 0.25) is 5.88 Å². The monoisotopic (exact) mass is 478 g/mol. The molecule has 0 bridgehead atoms. The maximum atomic E-state index is 13.0. The van der Waals surface area contributed by atoms with Crippen molar-refractivity contribution in [2.75, 3.05) is 19.5 Å². The number of aromatic amines is 1. The number of fused-ring (bicyclic) bond motifs is 2. The smallest absolute Gasteiger partial charge is 0.272 e. The molecule has 0 aliphatic heterocycles. The van der Waals surface area contributed by atoms with E-state index < -0.39 is 0 Å². The summed E-state index contributed by atoms with van der Waals surface area (Å²) in [6.45, 7) is 0. The van der Waals surface area contributed by atoms with E-state index in [1.165, 1.54) is 0 Å². The van der Waals surface area contributed by atoms with Crippen LogP contribution in [0.25, 0.3) is 21.8 Å². The van der Waals surface area contributed by atoms with Gasteiger partial charge in [-0.2, -0.15) is 0 Å². The van der Waals surface area contributed by atoms with Crippen LogP contribution >= 0.6 is 12.4 Å². The number of anilines is 1. The van der Waals surface area contributed by atoms with E-state index in [0.29, 0.717) is 34.5 Å². The Balaban J connectivity index is 0.00000274. The van der Waals surface area contributed by atoms with E-state index in [0.717, 1.165) is 21.8 Å². The molecule has 5 aromatic rings. The summed E-state index contributed by atoms with van der Waals surface area (Å²) in [5.74, 6) is 2.19. The van der Waals surface area contributed by atoms with Crippen LogP contribution in [-0.4, -0.2) is 34.7 Å². The van der Waals surface area contributed by atoms with Gasteiger partial charge in [-0.05, 0) is 42.5 Å². The Kier molecular flexibility index (Phi) is 6.34. The van der Waals surface area contributed by atoms with Gasteiger partial charge in [0.15, 0.2) is 0 Å². The Morgan fingerprint density at radius 1 is 0.971 bits per heavy atom. The van der Waals surface area contributed by atoms with Crippen molar-refractivity contribution in [3.05, 3.63) is 72.7 Å². The van der Waals surface area contributed by atoms with Crippen molar-refractivity contribution in [3.63, 3.8) is 0 Å².